The van der Waals surface area contributed by atoms with Gasteiger partial charge >= 0.3 is 6.18 Å². The molecule has 2 aromatic carbocycles. The lowest BCUT2D eigenvalue weighted by atomic mass is 10.1. The Kier molecular flexibility index (Phi) is 5.39. The van der Waals surface area contributed by atoms with Crippen LogP contribution < -0.4 is 0 Å². The molecular formula is C20H10Cl4F3N3. The summed E-state index contributed by atoms with van der Waals surface area (Å²) in [6.07, 6.45) is -4.63. The maximum atomic E-state index is 13.9. The standard InChI is InChI=1S/C20H10Cl4F3N3/c1-9-18-13(20(25,26)27)8-17(12-4-2-10(21)6-15(12)23)28-19(18)30(29-9)11-3-5-14(22)16(24)7-11/h2-8H,1H3. The fraction of sp³-hybridized carbons (Fsp3) is 0.100. The van der Waals surface area contributed by atoms with Gasteiger partial charge in [0.15, 0.2) is 5.65 Å². The van der Waals surface area contributed by atoms with E-state index in [1.54, 1.807) is 6.07 Å². The van der Waals surface area contributed by atoms with Gasteiger partial charge in [-0.2, -0.15) is 18.3 Å². The Labute approximate surface area is 188 Å². The van der Waals surface area contributed by atoms with Gasteiger partial charge in [0.05, 0.1) is 43.1 Å². The van der Waals surface area contributed by atoms with Crippen molar-refractivity contribution < 1.29 is 13.2 Å². The van der Waals surface area contributed by atoms with Gasteiger partial charge in [0.2, 0.25) is 0 Å². The highest BCUT2D eigenvalue weighted by Crippen LogP contribution is 2.40. The van der Waals surface area contributed by atoms with Crippen LogP contribution in [0, 0.1) is 6.92 Å². The van der Waals surface area contributed by atoms with Gasteiger partial charge in [-0.1, -0.05) is 46.4 Å². The van der Waals surface area contributed by atoms with E-state index in [0.29, 0.717) is 21.3 Å². The number of halogens is 7. The molecule has 0 atom stereocenters. The molecule has 0 radical (unpaired) electrons. The molecule has 2 heterocycles. The lowest BCUT2D eigenvalue weighted by Gasteiger charge is -2.13. The number of alkyl halides is 3. The first-order valence-corrected chi connectivity index (χ1v) is 9.96. The van der Waals surface area contributed by atoms with Crippen LogP contribution in [-0.2, 0) is 6.18 Å². The monoisotopic (exact) mass is 489 g/mol. The molecule has 4 rings (SSSR count). The highest BCUT2D eigenvalue weighted by atomic mass is 35.5. The molecule has 3 nitrogen and oxygen atoms in total. The molecule has 0 bridgehead atoms. The van der Waals surface area contributed by atoms with E-state index >= 15 is 0 Å². The largest absolute Gasteiger partial charge is 0.417 e. The number of pyridine rings is 1. The van der Waals surface area contributed by atoms with E-state index < -0.39 is 11.7 Å². The van der Waals surface area contributed by atoms with Crippen LogP contribution >= 0.6 is 46.4 Å². The van der Waals surface area contributed by atoms with E-state index in [4.69, 9.17) is 46.4 Å². The average molecular weight is 491 g/mol. The quantitative estimate of drug-likeness (QED) is 0.284. The normalized spacial score (nSPS) is 12.0. The summed E-state index contributed by atoms with van der Waals surface area (Å²) in [6, 6.07) is 10.1. The maximum absolute atomic E-state index is 13.9. The second-order valence-corrected chi connectivity index (χ2v) is 8.13. The molecule has 10 heteroatoms. The maximum Gasteiger partial charge on any atom is 0.417 e. The van der Waals surface area contributed by atoms with Crippen molar-refractivity contribution in [3.05, 3.63) is 73.8 Å². The van der Waals surface area contributed by atoms with E-state index in [2.05, 4.69) is 10.1 Å². The van der Waals surface area contributed by atoms with Gasteiger partial charge in [-0.25, -0.2) is 9.67 Å². The molecule has 154 valence electrons. The Bertz CT molecular complexity index is 1300. The van der Waals surface area contributed by atoms with Crippen molar-refractivity contribution in [1.82, 2.24) is 14.8 Å². The van der Waals surface area contributed by atoms with Crippen molar-refractivity contribution in [1.29, 1.82) is 0 Å². The minimum Gasteiger partial charge on any atom is -0.228 e. The molecule has 30 heavy (non-hydrogen) atoms. The summed E-state index contributed by atoms with van der Waals surface area (Å²) in [5.74, 6) is 0. The van der Waals surface area contributed by atoms with Gasteiger partial charge in [-0.15, -0.1) is 0 Å². The zero-order valence-corrected chi connectivity index (χ0v) is 18.1. The molecule has 0 aliphatic heterocycles. The van der Waals surface area contributed by atoms with E-state index in [-0.39, 0.29) is 32.5 Å². The van der Waals surface area contributed by atoms with Gasteiger partial charge in [-0.05, 0) is 49.4 Å². The summed E-state index contributed by atoms with van der Waals surface area (Å²) >= 11 is 24.2. The number of aromatic nitrogens is 3. The van der Waals surface area contributed by atoms with Crippen molar-refractivity contribution in [3.63, 3.8) is 0 Å². The van der Waals surface area contributed by atoms with Crippen LogP contribution in [0.4, 0.5) is 13.2 Å². The number of fused-ring (bicyclic) bond motifs is 1. The molecule has 0 aliphatic rings. The van der Waals surface area contributed by atoms with Crippen LogP contribution in [0.15, 0.2) is 42.5 Å². The van der Waals surface area contributed by atoms with Crippen molar-refractivity contribution in [2.24, 2.45) is 0 Å². The van der Waals surface area contributed by atoms with Gasteiger partial charge in [0.25, 0.3) is 0 Å². The zero-order valence-electron chi connectivity index (χ0n) is 15.0. The summed E-state index contributed by atoms with van der Waals surface area (Å²) in [5.41, 5.74) is 0.0943. The third-order valence-corrected chi connectivity index (χ3v) is 5.76. The SMILES string of the molecule is Cc1nn(-c2ccc(Cl)c(Cl)c2)c2nc(-c3ccc(Cl)cc3Cl)cc(C(F)(F)F)c12. The van der Waals surface area contributed by atoms with E-state index in [0.717, 1.165) is 6.07 Å². The molecule has 2 aromatic heterocycles. The smallest absolute Gasteiger partial charge is 0.228 e. The number of aryl methyl sites for hydroxylation is 1. The highest BCUT2D eigenvalue weighted by Gasteiger charge is 2.36. The third kappa shape index (κ3) is 3.73. The van der Waals surface area contributed by atoms with E-state index in [1.165, 1.54) is 41.9 Å². The molecule has 0 saturated carbocycles. The number of hydrogen-bond donors (Lipinski definition) is 0. The first kappa shape index (κ1) is 21.2. The summed E-state index contributed by atoms with van der Waals surface area (Å²) in [5, 5.41) is 5.26. The number of benzene rings is 2. The van der Waals surface area contributed by atoms with Crippen molar-refractivity contribution in [2.75, 3.05) is 0 Å². The molecule has 0 N–H and O–H groups in total. The average Bonchev–Trinajstić information content (AvgIpc) is 2.99. The van der Waals surface area contributed by atoms with Crippen LogP contribution in [0.2, 0.25) is 20.1 Å². The molecule has 0 saturated heterocycles. The topological polar surface area (TPSA) is 30.7 Å². The summed E-state index contributed by atoms with van der Waals surface area (Å²) in [6.45, 7) is 1.49. The first-order valence-electron chi connectivity index (χ1n) is 8.44. The molecule has 0 unspecified atom stereocenters. The van der Waals surface area contributed by atoms with Crippen LogP contribution in [-0.4, -0.2) is 14.8 Å². The van der Waals surface area contributed by atoms with Crippen LogP contribution in [0.25, 0.3) is 28.0 Å². The summed E-state index contributed by atoms with van der Waals surface area (Å²) < 4.78 is 43.1. The molecule has 0 fully saturated rings. The second kappa shape index (κ2) is 7.61. The Morgan fingerprint density at radius 2 is 1.60 bits per heavy atom. The Balaban J connectivity index is 2.07. The molecule has 4 aromatic rings. The Hall–Kier alpha value is -1.99. The van der Waals surface area contributed by atoms with Gasteiger partial charge in [-0.3, -0.25) is 0 Å². The van der Waals surface area contributed by atoms with Gasteiger partial charge < -0.3 is 0 Å². The zero-order chi connectivity index (χ0) is 21.8. The lowest BCUT2D eigenvalue weighted by Crippen LogP contribution is -2.08. The van der Waals surface area contributed by atoms with Crippen molar-refractivity contribution in [3.8, 4) is 16.9 Å². The highest BCUT2D eigenvalue weighted by molar-refractivity contribution is 6.42. The van der Waals surface area contributed by atoms with Gasteiger partial charge in [0, 0.05) is 10.6 Å². The number of nitrogens with zero attached hydrogens (tertiary/aromatic N) is 3. The lowest BCUT2D eigenvalue weighted by molar-refractivity contribution is -0.136. The third-order valence-electron chi connectivity index (χ3n) is 4.47. The van der Waals surface area contributed by atoms with Crippen LogP contribution in [0.1, 0.15) is 11.3 Å². The predicted molar refractivity (Wildman–Crippen MR) is 114 cm³/mol. The summed E-state index contributed by atoms with van der Waals surface area (Å²) in [4.78, 5) is 4.46. The Morgan fingerprint density at radius 1 is 0.867 bits per heavy atom. The van der Waals surface area contributed by atoms with Crippen LogP contribution in [0.5, 0.6) is 0 Å². The first-order chi connectivity index (χ1) is 14.1. The summed E-state index contributed by atoms with van der Waals surface area (Å²) in [7, 11) is 0. The fourth-order valence-electron chi connectivity index (χ4n) is 3.14. The van der Waals surface area contributed by atoms with E-state index in [9.17, 15) is 13.2 Å². The van der Waals surface area contributed by atoms with Crippen molar-refractivity contribution >= 4 is 57.4 Å². The van der Waals surface area contributed by atoms with Gasteiger partial charge in [0.1, 0.15) is 0 Å². The predicted octanol–water partition coefficient (Wildman–Crippen LogP) is 8.03. The van der Waals surface area contributed by atoms with E-state index in [1.807, 2.05) is 0 Å². The molecule has 0 aliphatic carbocycles. The number of hydrogen-bond acceptors (Lipinski definition) is 2. The minimum atomic E-state index is -4.63. The Morgan fingerprint density at radius 3 is 2.23 bits per heavy atom. The number of rotatable bonds is 2. The minimum absolute atomic E-state index is 0.0155. The van der Waals surface area contributed by atoms with Crippen LogP contribution in [0.3, 0.4) is 0 Å². The second-order valence-electron chi connectivity index (χ2n) is 6.47. The molecule has 0 spiro atoms. The fourth-order valence-corrected chi connectivity index (χ4v) is 3.94. The molecular weight excluding hydrogens is 481 g/mol. The van der Waals surface area contributed by atoms with Crippen molar-refractivity contribution in [2.45, 2.75) is 13.1 Å². The molecule has 0 amide bonds.